The summed E-state index contributed by atoms with van der Waals surface area (Å²) in [6.07, 6.45) is 8.38. The van der Waals surface area contributed by atoms with Crippen LogP contribution in [0.4, 0.5) is 0 Å². The maximum Gasteiger partial charge on any atom is 0.323 e. The van der Waals surface area contributed by atoms with Crippen LogP contribution in [0.15, 0.2) is 0 Å². The Kier molecular flexibility index (Phi) is 7.25. The van der Waals surface area contributed by atoms with E-state index in [1.807, 2.05) is 6.92 Å². The molecule has 0 aliphatic carbocycles. The fraction of sp³-hybridized carbons (Fsp3) is 0.929. The van der Waals surface area contributed by atoms with Crippen molar-refractivity contribution in [1.82, 2.24) is 4.90 Å². The van der Waals surface area contributed by atoms with Crippen molar-refractivity contribution < 1.29 is 9.53 Å². The van der Waals surface area contributed by atoms with Gasteiger partial charge in [-0.3, -0.25) is 9.69 Å². The van der Waals surface area contributed by atoms with Crippen LogP contribution in [-0.2, 0) is 9.53 Å². The number of esters is 1. The van der Waals surface area contributed by atoms with E-state index < -0.39 is 0 Å². The Hall–Kier alpha value is -0.570. The molecule has 0 aromatic rings. The summed E-state index contributed by atoms with van der Waals surface area (Å²) in [5.41, 5.74) is 0. The molecule has 1 fully saturated rings. The Balaban J connectivity index is 2.55. The molecule has 17 heavy (non-hydrogen) atoms. The lowest BCUT2D eigenvalue weighted by atomic mass is 10.0. The second-order valence-corrected chi connectivity index (χ2v) is 4.86. The Labute approximate surface area is 106 Å². The summed E-state index contributed by atoms with van der Waals surface area (Å²) in [6.45, 7) is 6.63. The first-order valence-electron chi connectivity index (χ1n) is 7.20. The van der Waals surface area contributed by atoms with Crippen LogP contribution in [0.2, 0.25) is 0 Å². The van der Waals surface area contributed by atoms with Crippen LogP contribution in [0, 0.1) is 0 Å². The average Bonchev–Trinajstić information content (AvgIpc) is 2.27. The molecule has 1 heterocycles. The highest BCUT2D eigenvalue weighted by atomic mass is 16.5. The molecule has 1 aliphatic rings. The second kappa shape index (κ2) is 8.51. The molecule has 1 aliphatic heterocycles. The molecule has 0 N–H and O–H groups in total. The number of hydrogen-bond donors (Lipinski definition) is 0. The van der Waals surface area contributed by atoms with E-state index in [0.29, 0.717) is 6.61 Å². The molecule has 3 heteroatoms. The predicted octanol–water partition coefficient (Wildman–Crippen LogP) is 2.98. The zero-order chi connectivity index (χ0) is 12.5. The van der Waals surface area contributed by atoms with Gasteiger partial charge in [-0.15, -0.1) is 0 Å². The van der Waals surface area contributed by atoms with Crippen LogP contribution in [0.3, 0.4) is 0 Å². The molecule has 0 amide bonds. The molecule has 0 saturated carbocycles. The van der Waals surface area contributed by atoms with Gasteiger partial charge >= 0.3 is 5.97 Å². The summed E-state index contributed by atoms with van der Waals surface area (Å²) >= 11 is 0. The first-order chi connectivity index (χ1) is 8.29. The number of carbonyl (C=O) groups excluding carboxylic acids is 1. The maximum atomic E-state index is 12.0. The van der Waals surface area contributed by atoms with E-state index in [1.165, 1.54) is 32.1 Å². The molecule has 0 bridgehead atoms. The van der Waals surface area contributed by atoms with Crippen molar-refractivity contribution in [1.29, 1.82) is 0 Å². The highest BCUT2D eigenvalue weighted by Gasteiger charge is 2.26. The second-order valence-electron chi connectivity index (χ2n) is 4.86. The lowest BCUT2D eigenvalue weighted by molar-refractivity contribution is -0.150. The molecule has 1 rings (SSSR count). The molecular weight excluding hydrogens is 214 g/mol. The molecule has 1 atom stereocenters. The molecule has 100 valence electrons. The van der Waals surface area contributed by atoms with Crippen molar-refractivity contribution in [3.05, 3.63) is 0 Å². The van der Waals surface area contributed by atoms with Gasteiger partial charge in [-0.2, -0.15) is 0 Å². The van der Waals surface area contributed by atoms with Crippen LogP contribution < -0.4 is 0 Å². The van der Waals surface area contributed by atoms with Gasteiger partial charge in [0.1, 0.15) is 6.04 Å². The number of hydrogen-bond acceptors (Lipinski definition) is 3. The Morgan fingerprint density at radius 1 is 1.12 bits per heavy atom. The van der Waals surface area contributed by atoms with E-state index in [4.69, 9.17) is 4.74 Å². The summed E-state index contributed by atoms with van der Waals surface area (Å²) in [5, 5.41) is 0. The van der Waals surface area contributed by atoms with E-state index >= 15 is 0 Å². The minimum Gasteiger partial charge on any atom is -0.465 e. The third-order valence-corrected chi connectivity index (χ3v) is 3.45. The summed E-state index contributed by atoms with van der Waals surface area (Å²) in [5.74, 6) is -0.0186. The van der Waals surface area contributed by atoms with Gasteiger partial charge in [0.05, 0.1) is 6.61 Å². The highest BCUT2D eigenvalue weighted by Crippen LogP contribution is 2.16. The van der Waals surface area contributed by atoms with Crippen LogP contribution in [0.5, 0.6) is 0 Å². The average molecular weight is 241 g/mol. The van der Waals surface area contributed by atoms with Crippen molar-refractivity contribution in [2.24, 2.45) is 0 Å². The molecule has 0 aromatic carbocycles. The number of carbonyl (C=O) groups is 1. The zero-order valence-corrected chi connectivity index (χ0v) is 11.4. The third-order valence-electron chi connectivity index (χ3n) is 3.45. The van der Waals surface area contributed by atoms with Crippen molar-refractivity contribution in [3.63, 3.8) is 0 Å². The van der Waals surface area contributed by atoms with Crippen LogP contribution in [0.1, 0.15) is 58.8 Å². The Morgan fingerprint density at radius 3 is 2.24 bits per heavy atom. The summed E-state index contributed by atoms with van der Waals surface area (Å²) in [4.78, 5) is 14.3. The molecule has 1 saturated heterocycles. The molecule has 3 nitrogen and oxygen atoms in total. The standard InChI is InChI=1S/C14H27NO2/c1-3-10-13(14(16)17-4-2)15-11-8-6-5-7-9-12-15/h13H,3-12H2,1-2H3. The van der Waals surface area contributed by atoms with E-state index in [9.17, 15) is 4.79 Å². The van der Waals surface area contributed by atoms with Crippen molar-refractivity contribution >= 4 is 5.97 Å². The van der Waals surface area contributed by atoms with Gasteiger partial charge in [-0.1, -0.05) is 32.6 Å². The fourth-order valence-corrected chi connectivity index (χ4v) is 2.54. The van der Waals surface area contributed by atoms with Crippen molar-refractivity contribution in [3.8, 4) is 0 Å². The zero-order valence-electron chi connectivity index (χ0n) is 11.4. The summed E-state index contributed by atoms with van der Waals surface area (Å²) in [6, 6.07) is -0.00181. The van der Waals surface area contributed by atoms with Gasteiger partial charge in [0.25, 0.3) is 0 Å². The smallest absolute Gasteiger partial charge is 0.323 e. The van der Waals surface area contributed by atoms with E-state index in [0.717, 1.165) is 25.9 Å². The van der Waals surface area contributed by atoms with Crippen LogP contribution in [-0.4, -0.2) is 36.6 Å². The molecular formula is C14H27NO2. The molecule has 0 radical (unpaired) electrons. The van der Waals surface area contributed by atoms with Crippen LogP contribution >= 0.6 is 0 Å². The van der Waals surface area contributed by atoms with Gasteiger partial charge in [-0.05, 0) is 39.3 Å². The maximum absolute atomic E-state index is 12.0. The summed E-state index contributed by atoms with van der Waals surface area (Å²) in [7, 11) is 0. The predicted molar refractivity (Wildman–Crippen MR) is 70.0 cm³/mol. The summed E-state index contributed by atoms with van der Waals surface area (Å²) < 4.78 is 5.20. The van der Waals surface area contributed by atoms with Gasteiger partial charge in [0.2, 0.25) is 0 Å². The van der Waals surface area contributed by atoms with E-state index in [-0.39, 0.29) is 12.0 Å². The van der Waals surface area contributed by atoms with Gasteiger partial charge in [0, 0.05) is 0 Å². The van der Waals surface area contributed by atoms with E-state index in [2.05, 4.69) is 11.8 Å². The largest absolute Gasteiger partial charge is 0.465 e. The fourth-order valence-electron chi connectivity index (χ4n) is 2.54. The minimum absolute atomic E-state index is 0.00181. The lowest BCUT2D eigenvalue weighted by Crippen LogP contribution is -2.43. The molecule has 0 spiro atoms. The Morgan fingerprint density at radius 2 is 1.71 bits per heavy atom. The van der Waals surface area contributed by atoms with E-state index in [1.54, 1.807) is 0 Å². The molecule has 1 unspecified atom stereocenters. The lowest BCUT2D eigenvalue weighted by Gasteiger charge is -2.31. The molecule has 0 aromatic heterocycles. The SMILES string of the molecule is CCCC(C(=O)OCC)N1CCCCCCC1. The van der Waals surface area contributed by atoms with Crippen molar-refractivity contribution in [2.45, 2.75) is 64.8 Å². The van der Waals surface area contributed by atoms with Gasteiger partial charge < -0.3 is 4.74 Å². The first kappa shape index (κ1) is 14.5. The number of rotatable bonds is 5. The third kappa shape index (κ3) is 5.07. The van der Waals surface area contributed by atoms with Crippen molar-refractivity contribution in [2.75, 3.05) is 19.7 Å². The number of likely N-dealkylation sites (tertiary alicyclic amines) is 1. The number of nitrogens with zero attached hydrogens (tertiary/aromatic N) is 1. The van der Waals surface area contributed by atoms with Crippen LogP contribution in [0.25, 0.3) is 0 Å². The van der Waals surface area contributed by atoms with Gasteiger partial charge in [0.15, 0.2) is 0 Å². The first-order valence-corrected chi connectivity index (χ1v) is 7.20. The minimum atomic E-state index is -0.0186. The quantitative estimate of drug-likeness (QED) is 0.693. The number of ether oxygens (including phenoxy) is 1. The monoisotopic (exact) mass is 241 g/mol. The topological polar surface area (TPSA) is 29.5 Å². The Bertz CT molecular complexity index is 210. The normalized spacial score (nSPS) is 20.4. The van der Waals surface area contributed by atoms with Gasteiger partial charge in [-0.25, -0.2) is 0 Å². The highest BCUT2D eigenvalue weighted by molar-refractivity contribution is 5.75.